The summed E-state index contributed by atoms with van der Waals surface area (Å²) in [5.74, 6) is 0.00776. The minimum absolute atomic E-state index is 0.149. The topological polar surface area (TPSA) is 58.6 Å². The normalized spacial score (nSPS) is 10.2. The summed E-state index contributed by atoms with van der Waals surface area (Å²) in [5, 5.41) is 10.6. The Morgan fingerprint density at radius 2 is 2.17 bits per heavy atom. The number of carbonyl (C=O) groups is 1. The number of hydrogen-bond acceptors (Lipinski definition) is 4. The van der Waals surface area contributed by atoms with E-state index in [1.165, 1.54) is 7.11 Å². The number of benzene rings is 1. The third-order valence-corrected chi connectivity index (χ3v) is 2.97. The number of carboxylic acid groups (broad SMARTS) is 1. The highest BCUT2D eigenvalue weighted by atomic mass is 79.9. The number of ether oxygens (including phenoxy) is 2. The average molecular weight is 316 g/mol. The molecule has 0 saturated carbocycles. The van der Waals surface area contributed by atoms with Gasteiger partial charge in [-0.25, -0.2) is 0 Å². The third kappa shape index (κ3) is 4.22. The van der Waals surface area contributed by atoms with Crippen molar-refractivity contribution in [1.82, 2.24) is 0 Å². The Morgan fingerprint density at radius 1 is 1.44 bits per heavy atom. The van der Waals surface area contributed by atoms with Gasteiger partial charge in [-0.2, -0.15) is 0 Å². The van der Waals surface area contributed by atoms with Crippen molar-refractivity contribution in [3.8, 4) is 11.5 Å². The van der Waals surface area contributed by atoms with Gasteiger partial charge in [0, 0.05) is 12.4 Å². The standard InChI is InChI=1S/C13H17BrO4/c1-3-4-5-18-13-10(14)6-9(8-12(15)16)7-11(13)17-2/h6-7H,3-5,8H2,1-2H3,(H,15,16)/p-1. The monoisotopic (exact) mass is 315 g/mol. The summed E-state index contributed by atoms with van der Waals surface area (Å²) in [5.41, 5.74) is 0.613. The highest BCUT2D eigenvalue weighted by Crippen LogP contribution is 2.36. The summed E-state index contributed by atoms with van der Waals surface area (Å²) in [6.45, 7) is 2.68. The van der Waals surface area contributed by atoms with E-state index in [2.05, 4.69) is 22.9 Å². The molecule has 5 heteroatoms. The molecular weight excluding hydrogens is 300 g/mol. The molecule has 0 spiro atoms. The Kier molecular flexibility index (Phi) is 5.98. The molecule has 0 unspecified atom stereocenters. The van der Waals surface area contributed by atoms with E-state index in [1.807, 2.05) is 0 Å². The molecule has 0 fully saturated rings. The van der Waals surface area contributed by atoms with Gasteiger partial charge in [0.15, 0.2) is 11.5 Å². The lowest BCUT2D eigenvalue weighted by Gasteiger charge is -2.14. The lowest BCUT2D eigenvalue weighted by molar-refractivity contribution is -0.304. The summed E-state index contributed by atoms with van der Waals surface area (Å²) in [6, 6.07) is 3.36. The molecule has 4 nitrogen and oxygen atoms in total. The van der Waals surface area contributed by atoms with Gasteiger partial charge >= 0.3 is 0 Å². The number of halogens is 1. The first kappa shape index (κ1) is 14.8. The van der Waals surface area contributed by atoms with Crippen molar-refractivity contribution in [3.63, 3.8) is 0 Å². The van der Waals surface area contributed by atoms with E-state index in [0.29, 0.717) is 28.1 Å². The van der Waals surface area contributed by atoms with Gasteiger partial charge in [0.1, 0.15) is 0 Å². The summed E-state index contributed by atoms with van der Waals surface area (Å²) >= 11 is 3.36. The van der Waals surface area contributed by atoms with Crippen LogP contribution in [0.5, 0.6) is 11.5 Å². The van der Waals surface area contributed by atoms with Crippen LogP contribution in [0.15, 0.2) is 16.6 Å². The van der Waals surface area contributed by atoms with E-state index in [1.54, 1.807) is 12.1 Å². The zero-order chi connectivity index (χ0) is 13.5. The van der Waals surface area contributed by atoms with Crippen molar-refractivity contribution in [2.75, 3.05) is 13.7 Å². The molecule has 1 aromatic rings. The van der Waals surface area contributed by atoms with Gasteiger partial charge in [-0.15, -0.1) is 0 Å². The number of hydrogen-bond donors (Lipinski definition) is 0. The molecule has 0 aromatic heterocycles. The van der Waals surface area contributed by atoms with E-state index in [4.69, 9.17) is 9.47 Å². The first-order chi connectivity index (χ1) is 8.58. The summed E-state index contributed by atoms with van der Waals surface area (Å²) < 4.78 is 11.5. The van der Waals surface area contributed by atoms with Crippen LogP contribution in [-0.2, 0) is 11.2 Å². The Morgan fingerprint density at radius 3 is 2.72 bits per heavy atom. The number of carbonyl (C=O) groups excluding carboxylic acids is 1. The Labute approximate surface area is 115 Å². The molecule has 0 bridgehead atoms. The molecule has 1 rings (SSSR count). The minimum Gasteiger partial charge on any atom is -0.550 e. The fraction of sp³-hybridized carbons (Fsp3) is 0.462. The summed E-state index contributed by atoms with van der Waals surface area (Å²) in [4.78, 5) is 10.6. The highest BCUT2D eigenvalue weighted by Gasteiger charge is 2.11. The van der Waals surface area contributed by atoms with E-state index >= 15 is 0 Å². The van der Waals surface area contributed by atoms with Crippen molar-refractivity contribution in [2.24, 2.45) is 0 Å². The molecule has 18 heavy (non-hydrogen) atoms. The van der Waals surface area contributed by atoms with Crippen LogP contribution in [0.1, 0.15) is 25.3 Å². The number of carboxylic acids is 1. The van der Waals surface area contributed by atoms with Gasteiger partial charge in [0.25, 0.3) is 0 Å². The van der Waals surface area contributed by atoms with Crippen LogP contribution < -0.4 is 14.6 Å². The lowest BCUT2D eigenvalue weighted by atomic mass is 10.1. The van der Waals surface area contributed by atoms with Crippen molar-refractivity contribution >= 4 is 21.9 Å². The van der Waals surface area contributed by atoms with Gasteiger partial charge in [0.2, 0.25) is 0 Å². The average Bonchev–Trinajstić information content (AvgIpc) is 2.30. The molecule has 0 aliphatic heterocycles. The van der Waals surface area contributed by atoms with Crippen LogP contribution in [0.3, 0.4) is 0 Å². The van der Waals surface area contributed by atoms with Crippen LogP contribution >= 0.6 is 15.9 Å². The molecule has 0 atom stereocenters. The quantitative estimate of drug-likeness (QED) is 0.721. The maximum absolute atomic E-state index is 10.6. The maximum atomic E-state index is 10.6. The number of unbranched alkanes of at least 4 members (excludes halogenated alkanes) is 1. The molecule has 0 aliphatic carbocycles. The maximum Gasteiger partial charge on any atom is 0.175 e. The van der Waals surface area contributed by atoms with Gasteiger partial charge in [0.05, 0.1) is 18.2 Å². The van der Waals surface area contributed by atoms with Gasteiger partial charge < -0.3 is 19.4 Å². The Bertz CT molecular complexity index is 418. The van der Waals surface area contributed by atoms with Crippen molar-refractivity contribution in [3.05, 3.63) is 22.2 Å². The van der Waals surface area contributed by atoms with Crippen LogP contribution in [0.4, 0.5) is 0 Å². The molecule has 100 valence electrons. The first-order valence-corrected chi connectivity index (χ1v) is 6.56. The fourth-order valence-corrected chi connectivity index (χ4v) is 2.10. The van der Waals surface area contributed by atoms with Crippen molar-refractivity contribution in [2.45, 2.75) is 26.2 Å². The van der Waals surface area contributed by atoms with Crippen LogP contribution in [0.2, 0.25) is 0 Å². The SMILES string of the molecule is CCCCOc1c(Br)cc(CC(=O)[O-])cc1OC. The Hall–Kier alpha value is -1.23. The summed E-state index contributed by atoms with van der Waals surface area (Å²) in [6.07, 6.45) is 1.85. The largest absolute Gasteiger partial charge is 0.550 e. The van der Waals surface area contributed by atoms with Crippen LogP contribution in [-0.4, -0.2) is 19.7 Å². The molecule has 0 saturated heterocycles. The molecular formula is C13H16BrO4-. The molecule has 1 aromatic carbocycles. The van der Waals surface area contributed by atoms with Gasteiger partial charge in [-0.1, -0.05) is 13.3 Å². The molecule has 0 radical (unpaired) electrons. The van der Waals surface area contributed by atoms with E-state index in [0.717, 1.165) is 12.8 Å². The fourth-order valence-electron chi connectivity index (χ4n) is 1.50. The van der Waals surface area contributed by atoms with Gasteiger partial charge in [-0.3, -0.25) is 0 Å². The molecule has 0 amide bonds. The van der Waals surface area contributed by atoms with Crippen molar-refractivity contribution < 1.29 is 19.4 Å². The number of methoxy groups -OCH3 is 1. The van der Waals surface area contributed by atoms with Crippen LogP contribution in [0, 0.1) is 0 Å². The number of rotatable bonds is 7. The second kappa shape index (κ2) is 7.26. The molecule has 0 heterocycles. The first-order valence-electron chi connectivity index (χ1n) is 5.77. The van der Waals surface area contributed by atoms with E-state index < -0.39 is 5.97 Å². The number of aliphatic carboxylic acids is 1. The predicted molar refractivity (Wildman–Crippen MR) is 69.8 cm³/mol. The molecule has 0 aliphatic rings. The lowest BCUT2D eigenvalue weighted by Crippen LogP contribution is -2.24. The van der Waals surface area contributed by atoms with E-state index in [-0.39, 0.29) is 6.42 Å². The van der Waals surface area contributed by atoms with Crippen LogP contribution in [0.25, 0.3) is 0 Å². The second-order valence-electron chi connectivity index (χ2n) is 3.86. The van der Waals surface area contributed by atoms with Crippen molar-refractivity contribution in [1.29, 1.82) is 0 Å². The molecule has 0 N–H and O–H groups in total. The third-order valence-electron chi connectivity index (χ3n) is 2.38. The predicted octanol–water partition coefficient (Wildman–Crippen LogP) is 1.93. The zero-order valence-electron chi connectivity index (χ0n) is 10.5. The van der Waals surface area contributed by atoms with E-state index in [9.17, 15) is 9.90 Å². The zero-order valence-corrected chi connectivity index (χ0v) is 12.1. The minimum atomic E-state index is -1.12. The second-order valence-corrected chi connectivity index (χ2v) is 4.71. The smallest absolute Gasteiger partial charge is 0.175 e. The Balaban J connectivity index is 2.92. The highest BCUT2D eigenvalue weighted by molar-refractivity contribution is 9.10. The van der Waals surface area contributed by atoms with Gasteiger partial charge in [-0.05, 0) is 40.0 Å². The summed E-state index contributed by atoms with van der Waals surface area (Å²) in [7, 11) is 1.53.